The van der Waals surface area contributed by atoms with Crippen LogP contribution in [-0.2, 0) is 19.6 Å². The maximum Gasteiger partial charge on any atom is 0.306 e. The summed E-state index contributed by atoms with van der Waals surface area (Å²) in [6.07, 6.45) is 0.711. The molecule has 2 heterocycles. The van der Waals surface area contributed by atoms with Gasteiger partial charge >= 0.3 is 10.1 Å². The number of fused-ring (bicyclic) bond motifs is 1. The Bertz CT molecular complexity index is 817. The van der Waals surface area contributed by atoms with E-state index >= 15 is 0 Å². The molecule has 1 amide bonds. The molecule has 1 saturated heterocycles. The molecule has 0 bridgehead atoms. The third-order valence-electron chi connectivity index (χ3n) is 3.22. The standard InChI is InChI=1S/C13H12N2O7S/c1-23(19,20)22-8-3-2-4-14-9(8)13(18)15-6-5-7(16)11-12(21-11)10(6)17/h2-5,10-12,17H,1H3,(H,15,18). The first-order chi connectivity index (χ1) is 10.8. The molecule has 1 aliphatic carbocycles. The lowest BCUT2D eigenvalue weighted by atomic mass is 10.0. The van der Waals surface area contributed by atoms with Crippen molar-refractivity contribution in [1.29, 1.82) is 0 Å². The number of epoxide rings is 1. The van der Waals surface area contributed by atoms with Gasteiger partial charge < -0.3 is 19.3 Å². The molecule has 9 nitrogen and oxygen atoms in total. The van der Waals surface area contributed by atoms with E-state index in [4.69, 9.17) is 8.92 Å². The smallest absolute Gasteiger partial charge is 0.306 e. The van der Waals surface area contributed by atoms with E-state index in [9.17, 15) is 23.1 Å². The predicted molar refractivity (Wildman–Crippen MR) is 74.9 cm³/mol. The van der Waals surface area contributed by atoms with Gasteiger partial charge in [-0.3, -0.25) is 9.59 Å². The second kappa shape index (κ2) is 5.41. The van der Waals surface area contributed by atoms with Crippen molar-refractivity contribution in [2.24, 2.45) is 0 Å². The number of nitrogens with one attached hydrogen (secondary N) is 1. The lowest BCUT2D eigenvalue weighted by molar-refractivity contribution is -0.116. The molecule has 0 spiro atoms. The first kappa shape index (κ1) is 15.6. The summed E-state index contributed by atoms with van der Waals surface area (Å²) in [5, 5.41) is 12.3. The minimum Gasteiger partial charge on any atom is -0.384 e. The van der Waals surface area contributed by atoms with E-state index in [2.05, 4.69) is 10.3 Å². The summed E-state index contributed by atoms with van der Waals surface area (Å²) in [6.45, 7) is 0. The zero-order valence-electron chi connectivity index (χ0n) is 11.8. The Hall–Kier alpha value is -2.30. The number of hydrogen-bond donors (Lipinski definition) is 2. The zero-order chi connectivity index (χ0) is 16.8. The molecule has 1 aromatic heterocycles. The number of aliphatic hydroxyl groups is 1. The molecule has 122 valence electrons. The largest absolute Gasteiger partial charge is 0.384 e. The Balaban J connectivity index is 1.83. The second-order valence-electron chi connectivity index (χ2n) is 5.06. The van der Waals surface area contributed by atoms with Crippen LogP contribution in [0.1, 0.15) is 10.5 Å². The van der Waals surface area contributed by atoms with Gasteiger partial charge in [0.05, 0.1) is 12.0 Å². The Kier molecular flexibility index (Phi) is 3.66. The minimum atomic E-state index is -3.85. The number of carbonyl (C=O) groups excluding carboxylic acids is 2. The molecule has 2 N–H and O–H groups in total. The molecule has 0 saturated carbocycles. The average Bonchev–Trinajstić information content (AvgIpc) is 3.24. The van der Waals surface area contributed by atoms with Crippen LogP contribution in [0.3, 0.4) is 0 Å². The van der Waals surface area contributed by atoms with Crippen LogP contribution in [0.4, 0.5) is 0 Å². The molecule has 1 fully saturated rings. The summed E-state index contributed by atoms with van der Waals surface area (Å²) in [4.78, 5) is 27.6. The maximum absolute atomic E-state index is 12.2. The lowest BCUT2D eigenvalue weighted by Crippen LogP contribution is -2.38. The Labute approximate surface area is 131 Å². The van der Waals surface area contributed by atoms with E-state index in [0.29, 0.717) is 0 Å². The molecule has 3 unspecified atom stereocenters. The number of amides is 1. The third kappa shape index (κ3) is 3.23. The molecule has 23 heavy (non-hydrogen) atoms. The highest BCUT2D eigenvalue weighted by Crippen LogP contribution is 2.33. The van der Waals surface area contributed by atoms with Crippen LogP contribution in [0.2, 0.25) is 0 Å². The number of rotatable bonds is 4. The van der Waals surface area contributed by atoms with Gasteiger partial charge in [0.2, 0.25) is 0 Å². The monoisotopic (exact) mass is 340 g/mol. The highest BCUT2D eigenvalue weighted by Gasteiger charge is 2.53. The molecule has 3 atom stereocenters. The summed E-state index contributed by atoms with van der Waals surface area (Å²) >= 11 is 0. The second-order valence-corrected chi connectivity index (χ2v) is 6.63. The zero-order valence-corrected chi connectivity index (χ0v) is 12.6. The SMILES string of the molecule is CS(=O)(=O)Oc1cccnc1C(=O)NC1=CC(=O)C2OC2C1O. The third-order valence-corrected chi connectivity index (χ3v) is 3.70. The van der Waals surface area contributed by atoms with E-state index in [1.807, 2.05) is 0 Å². The first-order valence-electron chi connectivity index (χ1n) is 6.51. The van der Waals surface area contributed by atoms with Crippen molar-refractivity contribution in [2.75, 3.05) is 6.26 Å². The number of pyridine rings is 1. The molecular formula is C13H12N2O7S. The summed E-state index contributed by atoms with van der Waals surface area (Å²) in [5.74, 6) is -1.43. The van der Waals surface area contributed by atoms with Crippen LogP contribution in [-0.4, -0.2) is 54.8 Å². The van der Waals surface area contributed by atoms with Gasteiger partial charge in [0, 0.05) is 12.3 Å². The number of aliphatic hydroxyl groups excluding tert-OH is 1. The van der Waals surface area contributed by atoms with E-state index in [0.717, 1.165) is 12.3 Å². The Morgan fingerprint density at radius 2 is 2.22 bits per heavy atom. The van der Waals surface area contributed by atoms with Crippen molar-refractivity contribution in [1.82, 2.24) is 10.3 Å². The van der Waals surface area contributed by atoms with Gasteiger partial charge in [0.25, 0.3) is 5.91 Å². The fraction of sp³-hybridized carbons (Fsp3) is 0.308. The molecule has 0 aromatic carbocycles. The Morgan fingerprint density at radius 1 is 1.48 bits per heavy atom. The summed E-state index contributed by atoms with van der Waals surface area (Å²) in [7, 11) is -3.85. The number of ether oxygens (including phenoxy) is 1. The minimum absolute atomic E-state index is 0.0327. The van der Waals surface area contributed by atoms with Crippen LogP contribution in [0, 0.1) is 0 Å². The summed E-state index contributed by atoms with van der Waals surface area (Å²) in [5.41, 5.74) is -0.327. The number of ketones is 1. The quantitative estimate of drug-likeness (QED) is 0.512. The molecule has 0 radical (unpaired) electrons. The number of aromatic nitrogens is 1. The van der Waals surface area contributed by atoms with Crippen LogP contribution < -0.4 is 9.50 Å². The van der Waals surface area contributed by atoms with Gasteiger partial charge in [-0.25, -0.2) is 4.98 Å². The van der Waals surface area contributed by atoms with E-state index in [-0.39, 0.29) is 22.9 Å². The van der Waals surface area contributed by atoms with Gasteiger partial charge in [-0.1, -0.05) is 0 Å². The van der Waals surface area contributed by atoms with Crippen molar-refractivity contribution in [3.63, 3.8) is 0 Å². The first-order valence-corrected chi connectivity index (χ1v) is 8.33. The highest BCUT2D eigenvalue weighted by atomic mass is 32.2. The van der Waals surface area contributed by atoms with Crippen LogP contribution in [0.25, 0.3) is 0 Å². The van der Waals surface area contributed by atoms with Gasteiger partial charge in [-0.2, -0.15) is 8.42 Å². The van der Waals surface area contributed by atoms with E-state index in [1.165, 1.54) is 18.3 Å². The molecular weight excluding hydrogens is 328 g/mol. The average molecular weight is 340 g/mol. The van der Waals surface area contributed by atoms with Crippen LogP contribution >= 0.6 is 0 Å². The van der Waals surface area contributed by atoms with Crippen molar-refractivity contribution in [3.8, 4) is 5.75 Å². The van der Waals surface area contributed by atoms with Crippen molar-refractivity contribution in [2.45, 2.75) is 18.3 Å². The van der Waals surface area contributed by atoms with Crippen molar-refractivity contribution >= 4 is 21.8 Å². The topological polar surface area (TPSA) is 135 Å². The van der Waals surface area contributed by atoms with Gasteiger partial charge in [-0.05, 0) is 12.1 Å². The normalized spacial score (nSPS) is 26.1. The predicted octanol–water partition coefficient (Wildman–Crippen LogP) is -1.26. The molecule has 1 aliphatic heterocycles. The fourth-order valence-corrected chi connectivity index (χ4v) is 2.64. The van der Waals surface area contributed by atoms with Crippen LogP contribution in [0.5, 0.6) is 5.75 Å². The summed E-state index contributed by atoms with van der Waals surface area (Å²) in [6, 6.07) is 2.66. The number of nitrogens with zero attached hydrogens (tertiary/aromatic N) is 1. The molecule has 1 aromatic rings. The fourth-order valence-electron chi connectivity index (χ4n) is 2.18. The molecule has 10 heteroatoms. The molecule has 3 rings (SSSR count). The highest BCUT2D eigenvalue weighted by molar-refractivity contribution is 7.86. The van der Waals surface area contributed by atoms with Crippen LogP contribution in [0.15, 0.2) is 30.1 Å². The number of carbonyl (C=O) groups is 2. The van der Waals surface area contributed by atoms with Crippen molar-refractivity contribution < 1.29 is 32.0 Å². The lowest BCUT2D eigenvalue weighted by Gasteiger charge is -2.17. The maximum atomic E-state index is 12.2. The Morgan fingerprint density at radius 3 is 2.91 bits per heavy atom. The van der Waals surface area contributed by atoms with Crippen molar-refractivity contribution in [3.05, 3.63) is 35.8 Å². The van der Waals surface area contributed by atoms with Gasteiger partial charge in [0.15, 0.2) is 17.2 Å². The van der Waals surface area contributed by atoms with E-state index in [1.54, 1.807) is 0 Å². The van der Waals surface area contributed by atoms with E-state index < -0.39 is 34.3 Å². The van der Waals surface area contributed by atoms with Gasteiger partial charge in [-0.15, -0.1) is 0 Å². The van der Waals surface area contributed by atoms with Gasteiger partial charge in [0.1, 0.15) is 18.3 Å². The number of hydrogen-bond acceptors (Lipinski definition) is 8. The summed E-state index contributed by atoms with van der Waals surface area (Å²) < 4.78 is 32.1. The molecule has 2 aliphatic rings.